The molecule has 4 aliphatic carbocycles. The zero-order valence-corrected chi connectivity index (χ0v) is 18.8. The van der Waals surface area contributed by atoms with Gasteiger partial charge in [0, 0.05) is 11.5 Å². The maximum Gasteiger partial charge on any atom is 0.331 e. The van der Waals surface area contributed by atoms with Crippen LogP contribution in [-0.2, 0) is 9.53 Å². The Kier molecular flexibility index (Phi) is 5.32. The molecular weight excluding hydrogens is 368 g/mol. The van der Waals surface area contributed by atoms with Crippen molar-refractivity contribution in [3.63, 3.8) is 0 Å². The van der Waals surface area contributed by atoms with E-state index in [1.807, 2.05) is 36.4 Å². The van der Waals surface area contributed by atoms with Gasteiger partial charge in [0.1, 0.15) is 6.10 Å². The number of rotatable bonds is 3. The maximum atomic E-state index is 12.6. The molecule has 162 valence electrons. The normalized spacial score (nSPS) is 42.9. The van der Waals surface area contributed by atoms with Crippen molar-refractivity contribution in [1.82, 2.24) is 0 Å². The Balaban J connectivity index is 1.28. The molecule has 1 aromatic carbocycles. The number of hydrogen-bond acceptors (Lipinski definition) is 2. The van der Waals surface area contributed by atoms with Crippen molar-refractivity contribution in [2.24, 2.45) is 34.5 Å². The van der Waals surface area contributed by atoms with Gasteiger partial charge in [0.15, 0.2) is 0 Å². The number of esters is 1. The largest absolute Gasteiger partial charge is 0.459 e. The van der Waals surface area contributed by atoms with Gasteiger partial charge < -0.3 is 4.74 Å². The van der Waals surface area contributed by atoms with Crippen molar-refractivity contribution in [2.45, 2.75) is 84.2 Å². The van der Waals surface area contributed by atoms with Crippen LogP contribution in [0.4, 0.5) is 0 Å². The van der Waals surface area contributed by atoms with Gasteiger partial charge in [0.2, 0.25) is 0 Å². The molecule has 0 bridgehead atoms. The first-order valence-electron chi connectivity index (χ1n) is 12.4. The lowest BCUT2D eigenvalue weighted by molar-refractivity contribution is -0.158. The third-order valence-electron chi connectivity index (χ3n) is 9.97. The van der Waals surface area contributed by atoms with E-state index < -0.39 is 0 Å². The fourth-order valence-electron chi connectivity index (χ4n) is 8.35. The highest BCUT2D eigenvalue weighted by Gasteiger charge is 2.60. The SMILES string of the molecule is CC12CCCCC1CCC1C2CCC2(C)C(OC(=O)C=Cc3ccccc3)CCC12. The lowest BCUT2D eigenvalue weighted by atomic mass is 9.45. The van der Waals surface area contributed by atoms with E-state index in [-0.39, 0.29) is 17.5 Å². The highest BCUT2D eigenvalue weighted by Crippen LogP contribution is 2.66. The van der Waals surface area contributed by atoms with E-state index in [9.17, 15) is 4.79 Å². The Hall–Kier alpha value is -1.57. The summed E-state index contributed by atoms with van der Waals surface area (Å²) in [7, 11) is 0. The van der Waals surface area contributed by atoms with E-state index >= 15 is 0 Å². The van der Waals surface area contributed by atoms with Gasteiger partial charge in [-0.2, -0.15) is 0 Å². The highest BCUT2D eigenvalue weighted by molar-refractivity contribution is 5.87. The molecule has 0 heterocycles. The van der Waals surface area contributed by atoms with Crippen LogP contribution in [0.5, 0.6) is 0 Å². The Morgan fingerprint density at radius 3 is 2.53 bits per heavy atom. The molecule has 4 fully saturated rings. The number of fused-ring (bicyclic) bond motifs is 5. The molecule has 2 heteroatoms. The third-order valence-corrected chi connectivity index (χ3v) is 9.97. The molecule has 0 radical (unpaired) electrons. The van der Waals surface area contributed by atoms with Crippen molar-refractivity contribution in [3.05, 3.63) is 42.0 Å². The van der Waals surface area contributed by atoms with E-state index in [2.05, 4.69) is 13.8 Å². The van der Waals surface area contributed by atoms with Gasteiger partial charge in [-0.1, -0.05) is 57.0 Å². The summed E-state index contributed by atoms with van der Waals surface area (Å²) < 4.78 is 6.09. The summed E-state index contributed by atoms with van der Waals surface area (Å²) in [5, 5.41) is 0. The molecule has 7 unspecified atom stereocenters. The maximum absolute atomic E-state index is 12.6. The van der Waals surface area contributed by atoms with Crippen LogP contribution in [-0.4, -0.2) is 12.1 Å². The Morgan fingerprint density at radius 1 is 0.900 bits per heavy atom. The van der Waals surface area contributed by atoms with Gasteiger partial charge in [-0.3, -0.25) is 0 Å². The number of benzene rings is 1. The minimum Gasteiger partial charge on any atom is -0.459 e. The van der Waals surface area contributed by atoms with Crippen LogP contribution in [0.3, 0.4) is 0 Å². The minimum absolute atomic E-state index is 0.0910. The monoisotopic (exact) mass is 406 g/mol. The van der Waals surface area contributed by atoms with Crippen molar-refractivity contribution in [2.75, 3.05) is 0 Å². The zero-order valence-electron chi connectivity index (χ0n) is 18.8. The molecule has 30 heavy (non-hydrogen) atoms. The average molecular weight is 407 g/mol. The van der Waals surface area contributed by atoms with Gasteiger partial charge in [-0.05, 0) is 92.1 Å². The molecule has 1 aromatic rings. The molecule has 0 aromatic heterocycles. The average Bonchev–Trinajstić information content (AvgIpc) is 3.09. The topological polar surface area (TPSA) is 26.3 Å². The Bertz CT molecular complexity index is 798. The number of carbonyl (C=O) groups excluding carboxylic acids is 1. The second-order valence-corrected chi connectivity index (χ2v) is 11.2. The van der Waals surface area contributed by atoms with Crippen molar-refractivity contribution in [1.29, 1.82) is 0 Å². The lowest BCUT2D eigenvalue weighted by Crippen LogP contribution is -2.53. The molecule has 0 saturated heterocycles. The van der Waals surface area contributed by atoms with Crippen LogP contribution in [0.15, 0.2) is 36.4 Å². The summed E-state index contributed by atoms with van der Waals surface area (Å²) in [4.78, 5) is 12.6. The molecule has 5 rings (SSSR count). The predicted molar refractivity (Wildman–Crippen MR) is 122 cm³/mol. The third kappa shape index (κ3) is 3.35. The molecular formula is C28H38O2. The van der Waals surface area contributed by atoms with E-state index in [4.69, 9.17) is 4.74 Å². The van der Waals surface area contributed by atoms with Gasteiger partial charge >= 0.3 is 5.97 Å². The lowest BCUT2D eigenvalue weighted by Gasteiger charge is -2.60. The van der Waals surface area contributed by atoms with Crippen LogP contribution in [0.1, 0.15) is 83.6 Å². The number of hydrogen-bond donors (Lipinski definition) is 0. The second-order valence-electron chi connectivity index (χ2n) is 11.2. The van der Waals surface area contributed by atoms with Crippen LogP contribution < -0.4 is 0 Å². The van der Waals surface area contributed by atoms with E-state index in [0.717, 1.165) is 35.7 Å². The predicted octanol–water partition coefficient (Wildman–Crippen LogP) is 7.04. The Morgan fingerprint density at radius 2 is 1.70 bits per heavy atom. The first-order chi connectivity index (χ1) is 14.5. The quantitative estimate of drug-likeness (QED) is 0.397. The zero-order chi connectivity index (χ0) is 20.8. The van der Waals surface area contributed by atoms with Gasteiger partial charge in [0.25, 0.3) is 0 Å². The first kappa shape index (κ1) is 20.3. The minimum atomic E-state index is -0.171. The molecule has 7 atom stereocenters. The van der Waals surface area contributed by atoms with Crippen LogP contribution in [0.25, 0.3) is 6.08 Å². The second kappa shape index (κ2) is 7.84. The van der Waals surface area contributed by atoms with Crippen LogP contribution in [0, 0.1) is 34.5 Å². The van der Waals surface area contributed by atoms with E-state index in [1.54, 1.807) is 6.08 Å². The van der Waals surface area contributed by atoms with Crippen molar-refractivity contribution < 1.29 is 9.53 Å². The van der Waals surface area contributed by atoms with E-state index in [1.165, 1.54) is 57.8 Å². The van der Waals surface area contributed by atoms with Crippen molar-refractivity contribution >= 4 is 12.0 Å². The summed E-state index contributed by atoms with van der Waals surface area (Å²) in [6.45, 7) is 5.08. The standard InChI is InChI=1S/C28H38O2/c1-27-18-7-6-10-21(27)12-13-22-23-14-15-25(28(23,2)19-17-24(22)27)30-26(29)16-11-20-8-4-3-5-9-20/h3-5,8-9,11,16,21-25H,6-7,10,12-15,17-19H2,1-2H3. The highest BCUT2D eigenvalue weighted by atomic mass is 16.5. The summed E-state index contributed by atoms with van der Waals surface area (Å²) in [6.07, 6.45) is 17.1. The summed E-state index contributed by atoms with van der Waals surface area (Å²) >= 11 is 0. The van der Waals surface area contributed by atoms with Gasteiger partial charge in [-0.25, -0.2) is 4.79 Å². The fourth-order valence-corrected chi connectivity index (χ4v) is 8.35. The summed E-state index contributed by atoms with van der Waals surface area (Å²) in [5.41, 5.74) is 1.80. The van der Waals surface area contributed by atoms with E-state index in [0.29, 0.717) is 5.41 Å². The molecule has 4 aliphatic rings. The molecule has 0 aliphatic heterocycles. The summed E-state index contributed by atoms with van der Waals surface area (Å²) in [5.74, 6) is 3.30. The molecule has 0 spiro atoms. The van der Waals surface area contributed by atoms with Gasteiger partial charge in [-0.15, -0.1) is 0 Å². The molecule has 0 N–H and O–H groups in total. The fraction of sp³-hybridized carbons (Fsp3) is 0.679. The molecule has 2 nitrogen and oxygen atoms in total. The molecule has 0 amide bonds. The summed E-state index contributed by atoms with van der Waals surface area (Å²) in [6, 6.07) is 10.0. The van der Waals surface area contributed by atoms with Gasteiger partial charge in [0.05, 0.1) is 0 Å². The van der Waals surface area contributed by atoms with Crippen LogP contribution in [0.2, 0.25) is 0 Å². The number of ether oxygens (including phenoxy) is 1. The number of carbonyl (C=O) groups is 1. The Labute approximate surface area is 182 Å². The smallest absolute Gasteiger partial charge is 0.331 e. The first-order valence-corrected chi connectivity index (χ1v) is 12.4. The van der Waals surface area contributed by atoms with Crippen molar-refractivity contribution in [3.8, 4) is 0 Å². The molecule has 4 saturated carbocycles. The van der Waals surface area contributed by atoms with Crippen LogP contribution >= 0.6 is 0 Å².